The number of aromatic nitrogens is 1. The predicted molar refractivity (Wildman–Crippen MR) is 78.6 cm³/mol. The fourth-order valence-corrected chi connectivity index (χ4v) is 4.67. The first kappa shape index (κ1) is 14.6. The van der Waals surface area contributed by atoms with Crippen molar-refractivity contribution in [3.8, 4) is 0 Å². The van der Waals surface area contributed by atoms with Crippen molar-refractivity contribution in [1.29, 1.82) is 0 Å². The van der Waals surface area contributed by atoms with E-state index in [4.69, 9.17) is 5.73 Å². The van der Waals surface area contributed by atoms with Gasteiger partial charge in [0.1, 0.15) is 0 Å². The zero-order valence-electron chi connectivity index (χ0n) is 11.2. The van der Waals surface area contributed by atoms with Crippen molar-refractivity contribution in [3.05, 3.63) is 18.3 Å². The van der Waals surface area contributed by atoms with E-state index in [0.29, 0.717) is 13.1 Å². The first-order valence-corrected chi connectivity index (χ1v) is 8.60. The van der Waals surface area contributed by atoms with Crippen LogP contribution in [0.1, 0.15) is 20.3 Å². The highest BCUT2D eigenvalue weighted by atomic mass is 32.2. The van der Waals surface area contributed by atoms with Crippen molar-refractivity contribution in [1.82, 2.24) is 9.29 Å². The predicted octanol–water partition coefficient (Wildman–Crippen LogP) is 1.57. The van der Waals surface area contributed by atoms with Gasteiger partial charge in [-0.05, 0) is 18.6 Å². The van der Waals surface area contributed by atoms with E-state index in [1.807, 2.05) is 0 Å². The number of pyridine rings is 1. The third kappa shape index (κ3) is 3.21. The molecule has 1 fully saturated rings. The van der Waals surface area contributed by atoms with Crippen LogP contribution in [0.2, 0.25) is 0 Å². The molecule has 2 N–H and O–H groups in total. The molecule has 0 radical (unpaired) electrons. The van der Waals surface area contributed by atoms with Crippen LogP contribution in [0.25, 0.3) is 0 Å². The maximum atomic E-state index is 12.5. The highest BCUT2D eigenvalue weighted by Gasteiger charge is 2.32. The van der Waals surface area contributed by atoms with Gasteiger partial charge in [-0.25, -0.2) is 13.4 Å². The largest absolute Gasteiger partial charge is 0.396 e. The van der Waals surface area contributed by atoms with Gasteiger partial charge in [-0.3, -0.25) is 0 Å². The Balaban J connectivity index is 2.28. The molecule has 2 heterocycles. The molecule has 5 nitrogen and oxygen atoms in total. The number of sulfonamides is 1. The molecular weight excluding hydrogens is 282 g/mol. The monoisotopic (exact) mass is 301 g/mol. The molecular formula is C12H19N3O2S2. The molecule has 0 spiro atoms. The average Bonchev–Trinajstić information content (AvgIpc) is 2.51. The summed E-state index contributed by atoms with van der Waals surface area (Å²) in [4.78, 5) is 3.93. The first-order chi connectivity index (χ1) is 8.83. The summed E-state index contributed by atoms with van der Waals surface area (Å²) in [5, 5.41) is -0.0280. The van der Waals surface area contributed by atoms with Crippen molar-refractivity contribution in [2.24, 2.45) is 0 Å². The lowest BCUT2D eigenvalue weighted by atomic mass is 10.1. The lowest BCUT2D eigenvalue weighted by Gasteiger charge is -2.22. The van der Waals surface area contributed by atoms with Crippen molar-refractivity contribution in [2.45, 2.75) is 30.0 Å². The van der Waals surface area contributed by atoms with E-state index in [0.717, 1.165) is 12.2 Å². The van der Waals surface area contributed by atoms with Crippen LogP contribution < -0.4 is 5.73 Å². The average molecular weight is 301 g/mol. The van der Waals surface area contributed by atoms with Crippen LogP contribution >= 0.6 is 11.8 Å². The van der Waals surface area contributed by atoms with Crippen LogP contribution in [-0.2, 0) is 10.0 Å². The number of nitrogens with zero attached hydrogens (tertiary/aromatic N) is 2. The lowest BCUT2D eigenvalue weighted by molar-refractivity contribution is 0.414. The summed E-state index contributed by atoms with van der Waals surface area (Å²) in [6.45, 7) is 5.30. The SMILES string of the molecule is CC1(C)CCN(S(=O)(=O)c2ncccc2N)CCS1. The number of nitrogens with two attached hydrogens (primary N) is 1. The smallest absolute Gasteiger partial charge is 0.262 e. The third-order valence-electron chi connectivity index (χ3n) is 3.18. The molecule has 0 atom stereocenters. The number of nitrogen functional groups attached to an aromatic ring is 1. The Bertz CT molecular complexity index is 558. The molecule has 1 saturated heterocycles. The summed E-state index contributed by atoms with van der Waals surface area (Å²) in [5.41, 5.74) is 5.94. The fraction of sp³-hybridized carbons (Fsp3) is 0.583. The summed E-state index contributed by atoms with van der Waals surface area (Å²) < 4.78 is 26.7. The molecule has 1 aliphatic rings. The van der Waals surface area contributed by atoms with Crippen molar-refractivity contribution in [3.63, 3.8) is 0 Å². The zero-order valence-corrected chi connectivity index (χ0v) is 12.8. The third-order valence-corrected chi connectivity index (χ3v) is 6.43. The van der Waals surface area contributed by atoms with Gasteiger partial charge in [-0.2, -0.15) is 16.1 Å². The van der Waals surface area contributed by atoms with Crippen molar-refractivity contribution in [2.75, 3.05) is 24.6 Å². The quantitative estimate of drug-likeness (QED) is 0.897. The molecule has 2 rings (SSSR count). The van der Waals surface area contributed by atoms with Gasteiger partial charge in [0, 0.05) is 29.8 Å². The van der Waals surface area contributed by atoms with Gasteiger partial charge in [0.15, 0.2) is 5.03 Å². The molecule has 0 aliphatic carbocycles. The van der Waals surface area contributed by atoms with Crippen molar-refractivity contribution < 1.29 is 8.42 Å². The van der Waals surface area contributed by atoms with E-state index in [-0.39, 0.29) is 15.5 Å². The van der Waals surface area contributed by atoms with Crippen LogP contribution in [0, 0.1) is 0 Å². The van der Waals surface area contributed by atoms with Crippen LogP contribution in [0.15, 0.2) is 23.4 Å². The number of hydrogen-bond acceptors (Lipinski definition) is 5. The molecule has 0 saturated carbocycles. The van der Waals surface area contributed by atoms with Crippen LogP contribution in [-0.4, -0.2) is 41.3 Å². The Kier molecular flexibility index (Phi) is 4.08. The van der Waals surface area contributed by atoms with E-state index in [2.05, 4.69) is 18.8 Å². The van der Waals surface area contributed by atoms with Crippen LogP contribution in [0.5, 0.6) is 0 Å². The number of rotatable bonds is 2. The maximum Gasteiger partial charge on any atom is 0.262 e. The van der Waals surface area contributed by atoms with Gasteiger partial charge >= 0.3 is 0 Å². The number of hydrogen-bond donors (Lipinski definition) is 1. The molecule has 1 aliphatic heterocycles. The Morgan fingerprint density at radius 2 is 2.16 bits per heavy atom. The number of thioether (sulfide) groups is 1. The molecule has 19 heavy (non-hydrogen) atoms. The molecule has 1 aromatic heterocycles. The van der Waals surface area contributed by atoms with E-state index in [1.54, 1.807) is 23.9 Å². The standard InChI is InChI=1S/C12H19N3O2S2/c1-12(2)5-7-15(8-9-18-12)19(16,17)11-10(13)4-3-6-14-11/h3-4,6H,5,7-9,13H2,1-2H3. The van der Waals surface area contributed by atoms with E-state index >= 15 is 0 Å². The Hall–Kier alpha value is -0.790. The summed E-state index contributed by atoms with van der Waals surface area (Å²) >= 11 is 1.80. The summed E-state index contributed by atoms with van der Waals surface area (Å²) in [6, 6.07) is 3.20. The Morgan fingerprint density at radius 1 is 1.42 bits per heavy atom. The van der Waals surface area contributed by atoms with E-state index < -0.39 is 10.0 Å². The second-order valence-corrected chi connectivity index (χ2v) is 8.82. The van der Waals surface area contributed by atoms with Gasteiger partial charge in [-0.15, -0.1) is 0 Å². The van der Waals surface area contributed by atoms with Gasteiger partial charge in [0.2, 0.25) is 0 Å². The molecule has 7 heteroatoms. The van der Waals surface area contributed by atoms with Crippen LogP contribution in [0.4, 0.5) is 5.69 Å². The second kappa shape index (κ2) is 5.30. The summed E-state index contributed by atoms with van der Waals surface area (Å²) in [5.74, 6) is 0.791. The fourth-order valence-electron chi connectivity index (χ4n) is 1.98. The first-order valence-electron chi connectivity index (χ1n) is 6.17. The highest BCUT2D eigenvalue weighted by molar-refractivity contribution is 8.00. The normalized spacial score (nSPS) is 20.9. The van der Waals surface area contributed by atoms with Gasteiger partial charge in [0.25, 0.3) is 10.0 Å². The summed E-state index contributed by atoms with van der Waals surface area (Å²) in [7, 11) is -3.58. The van der Waals surface area contributed by atoms with Crippen LogP contribution in [0.3, 0.4) is 0 Å². The minimum atomic E-state index is -3.58. The second-order valence-electron chi connectivity index (χ2n) is 5.16. The minimum absolute atomic E-state index is 0.0280. The number of anilines is 1. The Morgan fingerprint density at radius 3 is 2.84 bits per heavy atom. The minimum Gasteiger partial charge on any atom is -0.396 e. The molecule has 0 aromatic carbocycles. The van der Waals surface area contributed by atoms with E-state index in [9.17, 15) is 8.42 Å². The topological polar surface area (TPSA) is 76.3 Å². The molecule has 106 valence electrons. The maximum absolute atomic E-state index is 12.5. The highest BCUT2D eigenvalue weighted by Crippen LogP contribution is 2.32. The van der Waals surface area contributed by atoms with Crippen molar-refractivity contribution >= 4 is 27.5 Å². The lowest BCUT2D eigenvalue weighted by Crippen LogP contribution is -2.34. The summed E-state index contributed by atoms with van der Waals surface area (Å²) in [6.07, 6.45) is 2.28. The molecule has 0 amide bonds. The van der Waals surface area contributed by atoms with Gasteiger partial charge in [0.05, 0.1) is 5.69 Å². The molecule has 0 unspecified atom stereocenters. The molecule has 0 bridgehead atoms. The van der Waals surface area contributed by atoms with E-state index in [1.165, 1.54) is 10.5 Å². The Labute approximate surface area is 118 Å². The molecule has 1 aromatic rings. The van der Waals surface area contributed by atoms with Gasteiger partial charge in [-0.1, -0.05) is 13.8 Å². The van der Waals surface area contributed by atoms with Gasteiger partial charge < -0.3 is 5.73 Å². The zero-order chi connectivity index (χ0) is 14.1.